The first-order chi connectivity index (χ1) is 7.83. The van der Waals surface area contributed by atoms with Gasteiger partial charge in [-0.1, -0.05) is 15.9 Å². The molecule has 6 heteroatoms. The number of benzene rings is 1. The molecule has 0 saturated heterocycles. The molecule has 3 nitrogen and oxygen atoms in total. The largest absolute Gasteiger partial charge is 0.373 e. The third kappa shape index (κ3) is 4.85. The van der Waals surface area contributed by atoms with Crippen molar-refractivity contribution in [2.45, 2.75) is 5.88 Å². The summed E-state index contributed by atoms with van der Waals surface area (Å²) in [6.07, 6.45) is 1.24. The van der Waals surface area contributed by atoms with Gasteiger partial charge < -0.3 is 4.90 Å². The normalized spacial score (nSPS) is 11.5. The molecule has 17 heavy (non-hydrogen) atoms. The predicted octanol–water partition coefficient (Wildman–Crippen LogP) is 2.67. The van der Waals surface area contributed by atoms with E-state index in [0.29, 0.717) is 12.4 Å². The Balaban J connectivity index is 2.85. The molecule has 0 aliphatic heterocycles. The van der Waals surface area contributed by atoms with Crippen molar-refractivity contribution in [1.82, 2.24) is 0 Å². The van der Waals surface area contributed by atoms with E-state index in [0.717, 1.165) is 15.7 Å². The van der Waals surface area contributed by atoms with Crippen molar-refractivity contribution in [3.8, 4) is 0 Å². The molecule has 0 unspecified atom stereocenters. The first-order valence-electron chi connectivity index (χ1n) is 5.07. The molecule has 0 N–H and O–H groups in total. The van der Waals surface area contributed by atoms with E-state index in [2.05, 4.69) is 15.9 Å². The van der Waals surface area contributed by atoms with Gasteiger partial charge in [0.05, 0.1) is 5.75 Å². The number of nitrogens with zero attached hydrogens (tertiary/aromatic N) is 1. The highest BCUT2D eigenvalue weighted by Crippen LogP contribution is 2.25. The highest BCUT2D eigenvalue weighted by atomic mass is 79.9. The van der Waals surface area contributed by atoms with E-state index in [4.69, 9.17) is 11.6 Å². The molecular weight excluding hydrogens is 326 g/mol. The Morgan fingerprint density at radius 3 is 2.59 bits per heavy atom. The first-order valence-corrected chi connectivity index (χ1v) is 8.45. The summed E-state index contributed by atoms with van der Waals surface area (Å²) < 4.78 is 23.2. The number of sulfone groups is 1. The molecule has 0 bridgehead atoms. The van der Waals surface area contributed by atoms with Gasteiger partial charge in [0.1, 0.15) is 9.84 Å². The molecule has 1 rings (SSSR count). The molecule has 96 valence electrons. The molecular formula is C11H15BrClNO2S. The van der Waals surface area contributed by atoms with Gasteiger partial charge in [-0.15, -0.1) is 11.6 Å². The lowest BCUT2D eigenvalue weighted by Gasteiger charge is -2.21. The van der Waals surface area contributed by atoms with E-state index in [-0.39, 0.29) is 5.75 Å². The molecule has 0 fully saturated rings. The number of rotatable bonds is 5. The van der Waals surface area contributed by atoms with E-state index >= 15 is 0 Å². The third-order valence-corrected chi connectivity index (χ3v) is 4.10. The van der Waals surface area contributed by atoms with Gasteiger partial charge in [-0.25, -0.2) is 8.42 Å². The predicted molar refractivity (Wildman–Crippen MR) is 76.7 cm³/mol. The van der Waals surface area contributed by atoms with Crippen LogP contribution in [0.2, 0.25) is 0 Å². The summed E-state index contributed by atoms with van der Waals surface area (Å²) in [5.74, 6) is 0.541. The van der Waals surface area contributed by atoms with Crippen molar-refractivity contribution in [2.75, 3.05) is 30.5 Å². The average Bonchev–Trinajstić information content (AvgIpc) is 2.24. The Kier molecular flexibility index (Phi) is 5.28. The van der Waals surface area contributed by atoms with Crippen molar-refractivity contribution in [1.29, 1.82) is 0 Å². The van der Waals surface area contributed by atoms with Crippen LogP contribution in [0.3, 0.4) is 0 Å². The summed E-state index contributed by atoms with van der Waals surface area (Å²) in [6, 6.07) is 5.80. The van der Waals surface area contributed by atoms with E-state index in [9.17, 15) is 8.42 Å². The summed E-state index contributed by atoms with van der Waals surface area (Å²) >= 11 is 9.26. The summed E-state index contributed by atoms with van der Waals surface area (Å²) in [5, 5.41) is 0. The first kappa shape index (κ1) is 14.8. The highest BCUT2D eigenvalue weighted by Gasteiger charge is 2.10. The maximum Gasteiger partial charge on any atom is 0.149 e. The second-order valence-electron chi connectivity index (χ2n) is 3.96. The molecule has 0 saturated carbocycles. The highest BCUT2D eigenvalue weighted by molar-refractivity contribution is 9.10. The number of hydrogen-bond donors (Lipinski definition) is 0. The van der Waals surface area contributed by atoms with Gasteiger partial charge in [-0.2, -0.15) is 0 Å². The Hall–Kier alpha value is -0.260. The molecule has 0 spiro atoms. The van der Waals surface area contributed by atoms with Crippen LogP contribution in [0.5, 0.6) is 0 Å². The molecule has 0 aliphatic carbocycles. The minimum atomic E-state index is -2.94. The zero-order chi connectivity index (χ0) is 13.1. The van der Waals surface area contributed by atoms with Gasteiger partial charge in [-0.05, 0) is 23.8 Å². The molecule has 0 heterocycles. The van der Waals surface area contributed by atoms with E-state index in [1.54, 1.807) is 0 Å². The summed E-state index contributed by atoms with van der Waals surface area (Å²) in [5.41, 5.74) is 1.95. The van der Waals surface area contributed by atoms with E-state index in [1.807, 2.05) is 30.1 Å². The van der Waals surface area contributed by atoms with Crippen molar-refractivity contribution in [3.63, 3.8) is 0 Å². The lowest BCUT2D eigenvalue weighted by molar-refractivity contribution is 0.601. The SMILES string of the molecule is CN(CCS(C)(=O)=O)c1ccc(Br)cc1CCl. The van der Waals surface area contributed by atoms with Crippen molar-refractivity contribution in [2.24, 2.45) is 0 Å². The Bertz CT molecular complexity index is 490. The van der Waals surface area contributed by atoms with Crippen LogP contribution in [0, 0.1) is 0 Å². The topological polar surface area (TPSA) is 37.4 Å². The molecule has 1 aromatic carbocycles. The van der Waals surface area contributed by atoms with Gasteiger partial charge in [0.25, 0.3) is 0 Å². The quantitative estimate of drug-likeness (QED) is 0.773. The minimum Gasteiger partial charge on any atom is -0.373 e. The van der Waals surface area contributed by atoms with Crippen LogP contribution in [0.4, 0.5) is 5.69 Å². The van der Waals surface area contributed by atoms with Crippen LogP contribution in [0.15, 0.2) is 22.7 Å². The van der Waals surface area contributed by atoms with Gasteiger partial charge >= 0.3 is 0 Å². The Labute approximate surface area is 116 Å². The maximum atomic E-state index is 11.1. The van der Waals surface area contributed by atoms with E-state index < -0.39 is 9.84 Å². The maximum absolute atomic E-state index is 11.1. The fraction of sp³-hybridized carbons (Fsp3) is 0.455. The average molecular weight is 341 g/mol. The molecule has 0 amide bonds. The number of alkyl halides is 1. The van der Waals surface area contributed by atoms with Crippen molar-refractivity contribution >= 4 is 43.1 Å². The monoisotopic (exact) mass is 339 g/mol. The van der Waals surface area contributed by atoms with Crippen LogP contribution < -0.4 is 4.90 Å². The van der Waals surface area contributed by atoms with Crippen LogP contribution in [0.1, 0.15) is 5.56 Å². The minimum absolute atomic E-state index is 0.140. The number of hydrogen-bond acceptors (Lipinski definition) is 3. The zero-order valence-electron chi connectivity index (χ0n) is 9.78. The lowest BCUT2D eigenvalue weighted by atomic mass is 10.2. The van der Waals surface area contributed by atoms with Gasteiger partial charge in [0, 0.05) is 35.9 Å². The zero-order valence-corrected chi connectivity index (χ0v) is 12.9. The fourth-order valence-electron chi connectivity index (χ4n) is 1.46. The van der Waals surface area contributed by atoms with Crippen LogP contribution >= 0.6 is 27.5 Å². The molecule has 1 aromatic rings. The second-order valence-corrected chi connectivity index (χ2v) is 7.40. The molecule has 0 aromatic heterocycles. The number of anilines is 1. The molecule has 0 radical (unpaired) electrons. The van der Waals surface area contributed by atoms with Crippen LogP contribution in [0.25, 0.3) is 0 Å². The lowest BCUT2D eigenvalue weighted by Crippen LogP contribution is -2.25. The van der Waals surface area contributed by atoms with Gasteiger partial charge in [0.2, 0.25) is 0 Å². The molecule has 0 aliphatic rings. The van der Waals surface area contributed by atoms with Crippen molar-refractivity contribution in [3.05, 3.63) is 28.2 Å². The smallest absolute Gasteiger partial charge is 0.149 e. The summed E-state index contributed by atoms with van der Waals surface area (Å²) in [7, 11) is -1.07. The Morgan fingerprint density at radius 1 is 1.41 bits per heavy atom. The third-order valence-electron chi connectivity index (χ3n) is 2.39. The Morgan fingerprint density at radius 2 is 2.06 bits per heavy atom. The summed E-state index contributed by atoms with van der Waals surface area (Å²) in [4.78, 5) is 1.91. The number of halogens is 2. The van der Waals surface area contributed by atoms with Gasteiger partial charge in [0.15, 0.2) is 0 Å². The van der Waals surface area contributed by atoms with Gasteiger partial charge in [-0.3, -0.25) is 0 Å². The van der Waals surface area contributed by atoms with Crippen molar-refractivity contribution < 1.29 is 8.42 Å². The molecule has 0 atom stereocenters. The second kappa shape index (κ2) is 6.07. The van der Waals surface area contributed by atoms with Crippen LogP contribution in [-0.4, -0.2) is 34.0 Å². The van der Waals surface area contributed by atoms with E-state index in [1.165, 1.54) is 6.26 Å². The standard InChI is InChI=1S/C11H15BrClNO2S/c1-14(5-6-17(2,15)16)11-4-3-10(12)7-9(11)8-13/h3-4,7H,5-6,8H2,1-2H3. The van der Waals surface area contributed by atoms with Crippen LogP contribution in [-0.2, 0) is 15.7 Å². The summed E-state index contributed by atoms with van der Waals surface area (Å²) in [6.45, 7) is 0.463. The fourth-order valence-corrected chi connectivity index (χ4v) is 2.68.